The van der Waals surface area contributed by atoms with E-state index in [0.717, 1.165) is 12.1 Å². The van der Waals surface area contributed by atoms with Crippen LogP contribution in [-0.2, 0) is 6.42 Å². The second-order valence-electron chi connectivity index (χ2n) is 3.46. The molecule has 2 heteroatoms. The molecule has 1 aromatic heterocycles. The highest BCUT2D eigenvalue weighted by atomic mass is 15.0. The van der Waals surface area contributed by atoms with Crippen LogP contribution in [-0.4, -0.2) is 9.55 Å². The highest BCUT2D eigenvalue weighted by Crippen LogP contribution is 2.10. The Morgan fingerprint density at radius 1 is 1.21 bits per heavy atom. The summed E-state index contributed by atoms with van der Waals surface area (Å²) in [7, 11) is 0. The van der Waals surface area contributed by atoms with Gasteiger partial charge in [0.1, 0.15) is 0 Å². The third-order valence-corrected chi connectivity index (χ3v) is 2.33. The number of benzene rings is 1. The maximum Gasteiger partial charge on any atom is 0.0995 e. The molecule has 0 aliphatic carbocycles. The van der Waals surface area contributed by atoms with Crippen molar-refractivity contribution in [3.63, 3.8) is 0 Å². The van der Waals surface area contributed by atoms with Crippen LogP contribution < -0.4 is 0 Å². The second-order valence-corrected chi connectivity index (χ2v) is 3.46. The van der Waals surface area contributed by atoms with Crippen LogP contribution >= 0.6 is 0 Å². The number of rotatable bonds is 2. The molecule has 0 bridgehead atoms. The summed E-state index contributed by atoms with van der Waals surface area (Å²) in [6.07, 6.45) is 4.92. The highest BCUT2D eigenvalue weighted by Gasteiger charge is 1.97. The first-order valence-corrected chi connectivity index (χ1v) is 4.89. The third-order valence-electron chi connectivity index (χ3n) is 2.33. The Balaban J connectivity index is 2.34. The lowest BCUT2D eigenvalue weighted by Gasteiger charge is -2.01. The van der Waals surface area contributed by atoms with Gasteiger partial charge in [-0.3, -0.25) is 0 Å². The van der Waals surface area contributed by atoms with Gasteiger partial charge in [-0.15, -0.1) is 0 Å². The van der Waals surface area contributed by atoms with Crippen LogP contribution in [0.25, 0.3) is 5.69 Å². The second kappa shape index (κ2) is 3.66. The van der Waals surface area contributed by atoms with Crippen LogP contribution in [0.3, 0.4) is 0 Å². The molecule has 2 aromatic rings. The van der Waals surface area contributed by atoms with Crippen molar-refractivity contribution in [1.82, 2.24) is 9.55 Å². The van der Waals surface area contributed by atoms with Crippen LogP contribution in [0.1, 0.15) is 18.2 Å². The van der Waals surface area contributed by atoms with Gasteiger partial charge in [-0.05, 0) is 25.5 Å². The van der Waals surface area contributed by atoms with Crippen LogP contribution in [0.5, 0.6) is 0 Å². The van der Waals surface area contributed by atoms with Gasteiger partial charge in [0.05, 0.1) is 12.0 Å². The molecule has 1 heterocycles. The molecule has 0 aliphatic rings. The van der Waals surface area contributed by atoms with Crippen molar-refractivity contribution in [3.05, 3.63) is 48.0 Å². The van der Waals surface area contributed by atoms with E-state index in [-0.39, 0.29) is 0 Å². The van der Waals surface area contributed by atoms with Crippen molar-refractivity contribution in [2.24, 2.45) is 0 Å². The molecule has 1 aromatic carbocycles. The molecule has 0 fully saturated rings. The van der Waals surface area contributed by atoms with E-state index in [4.69, 9.17) is 0 Å². The van der Waals surface area contributed by atoms with Crippen LogP contribution in [0.15, 0.2) is 36.8 Å². The zero-order valence-electron chi connectivity index (χ0n) is 8.57. The molecule has 14 heavy (non-hydrogen) atoms. The fraction of sp³-hybridized carbons (Fsp3) is 0.250. The lowest BCUT2D eigenvalue weighted by Crippen LogP contribution is -1.89. The molecule has 0 N–H and O–H groups in total. The van der Waals surface area contributed by atoms with Crippen molar-refractivity contribution in [2.75, 3.05) is 0 Å². The number of hydrogen-bond donors (Lipinski definition) is 0. The van der Waals surface area contributed by atoms with E-state index in [1.54, 1.807) is 0 Å². The third kappa shape index (κ3) is 1.69. The molecule has 0 spiro atoms. The van der Waals surface area contributed by atoms with Gasteiger partial charge in [0.25, 0.3) is 0 Å². The van der Waals surface area contributed by atoms with Gasteiger partial charge in [0.15, 0.2) is 0 Å². The van der Waals surface area contributed by atoms with Crippen molar-refractivity contribution in [2.45, 2.75) is 20.3 Å². The van der Waals surface area contributed by atoms with E-state index in [2.05, 4.69) is 53.9 Å². The van der Waals surface area contributed by atoms with Crippen molar-refractivity contribution in [3.8, 4) is 5.69 Å². The summed E-state index contributed by atoms with van der Waals surface area (Å²) in [6.45, 7) is 4.21. The van der Waals surface area contributed by atoms with Gasteiger partial charge in [-0.2, -0.15) is 0 Å². The summed E-state index contributed by atoms with van der Waals surface area (Å²) in [5.41, 5.74) is 3.58. The Labute approximate surface area is 84.2 Å². The zero-order valence-corrected chi connectivity index (χ0v) is 8.57. The molecular weight excluding hydrogens is 172 g/mol. The lowest BCUT2D eigenvalue weighted by atomic mass is 10.2. The molecule has 0 amide bonds. The predicted molar refractivity (Wildman–Crippen MR) is 57.7 cm³/mol. The van der Waals surface area contributed by atoms with Crippen LogP contribution in [0.4, 0.5) is 0 Å². The Kier molecular flexibility index (Phi) is 2.35. The number of aryl methyl sites for hydroxylation is 2. The van der Waals surface area contributed by atoms with E-state index in [1.807, 2.05) is 6.33 Å². The van der Waals surface area contributed by atoms with E-state index in [1.165, 1.54) is 11.3 Å². The average molecular weight is 186 g/mol. The minimum absolute atomic E-state index is 0.985. The van der Waals surface area contributed by atoms with Gasteiger partial charge < -0.3 is 4.57 Å². The van der Waals surface area contributed by atoms with Gasteiger partial charge in [-0.1, -0.05) is 24.6 Å². The first-order valence-electron chi connectivity index (χ1n) is 4.89. The van der Waals surface area contributed by atoms with E-state index in [9.17, 15) is 0 Å². The average Bonchev–Trinajstić information content (AvgIpc) is 2.67. The maximum absolute atomic E-state index is 4.30. The molecule has 2 rings (SSSR count). The zero-order chi connectivity index (χ0) is 9.97. The van der Waals surface area contributed by atoms with Crippen LogP contribution in [0.2, 0.25) is 0 Å². The fourth-order valence-electron chi connectivity index (χ4n) is 1.40. The standard InChI is InChI=1S/C12H14N2/c1-3-11-8-14(9-13-11)12-6-4-10(2)5-7-12/h4-9H,3H2,1-2H3. The van der Waals surface area contributed by atoms with Gasteiger partial charge >= 0.3 is 0 Å². The number of aromatic nitrogens is 2. The normalized spacial score (nSPS) is 10.4. The van der Waals surface area contributed by atoms with Crippen molar-refractivity contribution < 1.29 is 0 Å². The topological polar surface area (TPSA) is 17.8 Å². The molecule has 0 radical (unpaired) electrons. The monoisotopic (exact) mass is 186 g/mol. The Bertz CT molecular complexity index is 412. The smallest absolute Gasteiger partial charge is 0.0995 e. The Morgan fingerprint density at radius 3 is 2.50 bits per heavy atom. The number of imidazole rings is 1. The van der Waals surface area contributed by atoms with E-state index < -0.39 is 0 Å². The summed E-state index contributed by atoms with van der Waals surface area (Å²) < 4.78 is 2.05. The molecule has 72 valence electrons. The molecule has 0 unspecified atom stereocenters. The van der Waals surface area contributed by atoms with E-state index >= 15 is 0 Å². The molecule has 0 saturated carbocycles. The summed E-state index contributed by atoms with van der Waals surface area (Å²) in [4.78, 5) is 4.30. The summed E-state index contributed by atoms with van der Waals surface area (Å²) >= 11 is 0. The predicted octanol–water partition coefficient (Wildman–Crippen LogP) is 2.74. The summed E-state index contributed by atoms with van der Waals surface area (Å²) in [6, 6.07) is 8.44. The largest absolute Gasteiger partial charge is 0.306 e. The maximum atomic E-state index is 4.30. The summed E-state index contributed by atoms with van der Waals surface area (Å²) in [5.74, 6) is 0. The summed E-state index contributed by atoms with van der Waals surface area (Å²) in [5, 5.41) is 0. The van der Waals surface area contributed by atoms with E-state index in [0.29, 0.717) is 0 Å². The fourth-order valence-corrected chi connectivity index (χ4v) is 1.40. The number of nitrogens with zero attached hydrogens (tertiary/aromatic N) is 2. The van der Waals surface area contributed by atoms with Gasteiger partial charge in [-0.25, -0.2) is 4.98 Å². The number of hydrogen-bond acceptors (Lipinski definition) is 1. The Morgan fingerprint density at radius 2 is 1.93 bits per heavy atom. The highest BCUT2D eigenvalue weighted by molar-refractivity contribution is 5.34. The van der Waals surface area contributed by atoms with Crippen molar-refractivity contribution in [1.29, 1.82) is 0 Å². The minimum atomic E-state index is 0.985. The SMILES string of the molecule is CCc1cn(-c2ccc(C)cc2)cn1. The van der Waals surface area contributed by atoms with Gasteiger partial charge in [0.2, 0.25) is 0 Å². The molecule has 0 atom stereocenters. The van der Waals surface area contributed by atoms with Crippen molar-refractivity contribution >= 4 is 0 Å². The minimum Gasteiger partial charge on any atom is -0.306 e. The molecular formula is C12H14N2. The lowest BCUT2D eigenvalue weighted by molar-refractivity contribution is 1.05. The molecule has 0 aliphatic heterocycles. The molecule has 2 nitrogen and oxygen atoms in total. The first kappa shape index (κ1) is 9.00. The quantitative estimate of drug-likeness (QED) is 0.705. The molecule has 0 saturated heterocycles. The Hall–Kier alpha value is -1.57. The van der Waals surface area contributed by atoms with Gasteiger partial charge in [0, 0.05) is 11.9 Å². The van der Waals surface area contributed by atoms with Crippen LogP contribution in [0, 0.1) is 6.92 Å². The first-order chi connectivity index (χ1) is 6.79.